The van der Waals surface area contributed by atoms with Gasteiger partial charge in [-0.2, -0.15) is 0 Å². The summed E-state index contributed by atoms with van der Waals surface area (Å²) in [6.07, 6.45) is -1.92. The highest BCUT2D eigenvalue weighted by Crippen LogP contribution is 2.31. The average molecular weight is 368 g/mol. The Hall–Kier alpha value is -2.91. The second kappa shape index (κ2) is 6.77. The summed E-state index contributed by atoms with van der Waals surface area (Å²) in [4.78, 5) is 38.6. The summed E-state index contributed by atoms with van der Waals surface area (Å²) < 4.78 is 34.0. The SMILES string of the molecule is CN1CCN(c2c(F)cc(N3C[C@H](C(N)=O)OC3=O)cc2F)CCC1=O. The van der Waals surface area contributed by atoms with E-state index >= 15 is 0 Å². The van der Waals surface area contributed by atoms with E-state index < -0.39 is 29.7 Å². The van der Waals surface area contributed by atoms with Crippen molar-refractivity contribution in [1.29, 1.82) is 0 Å². The van der Waals surface area contributed by atoms with E-state index in [1.54, 1.807) is 7.05 Å². The number of carbonyl (C=O) groups excluding carboxylic acids is 3. The van der Waals surface area contributed by atoms with Crippen LogP contribution in [0, 0.1) is 11.6 Å². The van der Waals surface area contributed by atoms with Crippen LogP contribution in [0.4, 0.5) is 25.0 Å². The Kier molecular flexibility index (Phi) is 4.66. The smallest absolute Gasteiger partial charge is 0.415 e. The van der Waals surface area contributed by atoms with E-state index in [4.69, 9.17) is 10.5 Å². The molecule has 3 amide bonds. The first-order valence-corrected chi connectivity index (χ1v) is 8.03. The number of likely N-dealkylation sites (N-methyl/N-ethyl adjacent to an activating group) is 1. The van der Waals surface area contributed by atoms with Crippen molar-refractivity contribution in [2.75, 3.05) is 43.0 Å². The van der Waals surface area contributed by atoms with Crippen LogP contribution in [0.2, 0.25) is 0 Å². The number of hydrogen-bond acceptors (Lipinski definition) is 5. The molecule has 0 aliphatic carbocycles. The standard InChI is InChI=1S/C16H18F2N4O4/c1-20-4-5-21(3-2-13(20)23)14-10(17)6-9(7-11(14)18)22-8-12(15(19)24)26-16(22)25/h6-7,12H,2-5,8H2,1H3,(H2,19,24)/t12-/m1/s1. The third-order valence-electron chi connectivity index (χ3n) is 4.49. The quantitative estimate of drug-likeness (QED) is 0.835. The van der Waals surface area contributed by atoms with Gasteiger partial charge in [-0.25, -0.2) is 13.6 Å². The number of cyclic esters (lactones) is 1. The van der Waals surface area contributed by atoms with E-state index in [1.807, 2.05) is 0 Å². The van der Waals surface area contributed by atoms with Gasteiger partial charge in [0, 0.05) is 45.2 Å². The molecule has 3 rings (SSSR count). The average Bonchev–Trinajstić information content (AvgIpc) is 2.89. The zero-order valence-corrected chi connectivity index (χ0v) is 14.1. The lowest BCUT2D eigenvalue weighted by Gasteiger charge is -2.24. The molecule has 1 atom stereocenters. The summed E-state index contributed by atoms with van der Waals surface area (Å²) in [7, 11) is 1.63. The van der Waals surface area contributed by atoms with Crippen molar-refractivity contribution < 1.29 is 27.9 Å². The Morgan fingerprint density at radius 2 is 1.85 bits per heavy atom. The molecule has 0 aromatic heterocycles. The van der Waals surface area contributed by atoms with Crippen LogP contribution < -0.4 is 15.5 Å². The van der Waals surface area contributed by atoms with E-state index in [-0.39, 0.29) is 43.3 Å². The molecule has 2 aliphatic rings. The van der Waals surface area contributed by atoms with Crippen molar-refractivity contribution in [2.45, 2.75) is 12.5 Å². The lowest BCUT2D eigenvalue weighted by molar-refractivity contribution is -0.129. The highest BCUT2D eigenvalue weighted by atomic mass is 19.1. The minimum atomic E-state index is -1.17. The topological polar surface area (TPSA) is 96.2 Å². The molecule has 2 aliphatic heterocycles. The second-order valence-electron chi connectivity index (χ2n) is 6.20. The first kappa shape index (κ1) is 17.9. The minimum Gasteiger partial charge on any atom is -0.434 e. The van der Waals surface area contributed by atoms with Crippen LogP contribution in [-0.2, 0) is 14.3 Å². The number of nitrogens with zero attached hydrogens (tertiary/aromatic N) is 3. The third-order valence-corrected chi connectivity index (χ3v) is 4.49. The molecule has 0 radical (unpaired) electrons. The Morgan fingerprint density at radius 3 is 2.42 bits per heavy atom. The Morgan fingerprint density at radius 1 is 1.19 bits per heavy atom. The molecule has 1 aromatic carbocycles. The van der Waals surface area contributed by atoms with Crippen LogP contribution in [0.5, 0.6) is 0 Å². The monoisotopic (exact) mass is 368 g/mol. The van der Waals surface area contributed by atoms with Gasteiger partial charge in [-0.3, -0.25) is 14.5 Å². The van der Waals surface area contributed by atoms with E-state index in [1.165, 1.54) is 9.80 Å². The summed E-state index contributed by atoms with van der Waals surface area (Å²) in [5.74, 6) is -2.67. The molecule has 0 saturated carbocycles. The summed E-state index contributed by atoms with van der Waals surface area (Å²) >= 11 is 0. The van der Waals surface area contributed by atoms with E-state index in [0.29, 0.717) is 6.54 Å². The number of hydrogen-bond donors (Lipinski definition) is 1. The van der Waals surface area contributed by atoms with Gasteiger partial charge < -0.3 is 20.3 Å². The van der Waals surface area contributed by atoms with Gasteiger partial charge >= 0.3 is 6.09 Å². The molecule has 0 bridgehead atoms. The van der Waals surface area contributed by atoms with Crippen LogP contribution in [0.3, 0.4) is 0 Å². The molecule has 0 unspecified atom stereocenters. The summed E-state index contributed by atoms with van der Waals surface area (Å²) in [5.41, 5.74) is 4.77. The molecule has 0 spiro atoms. The van der Waals surface area contributed by atoms with E-state index in [2.05, 4.69) is 0 Å². The maximum Gasteiger partial charge on any atom is 0.415 e. The number of carbonyl (C=O) groups is 3. The van der Waals surface area contributed by atoms with Gasteiger partial charge in [0.25, 0.3) is 5.91 Å². The zero-order chi connectivity index (χ0) is 19.0. The fourth-order valence-electron chi connectivity index (χ4n) is 2.98. The first-order valence-electron chi connectivity index (χ1n) is 8.03. The zero-order valence-electron chi connectivity index (χ0n) is 14.1. The van der Waals surface area contributed by atoms with Crippen LogP contribution >= 0.6 is 0 Å². The number of primary amides is 1. The maximum absolute atomic E-state index is 14.6. The first-order chi connectivity index (χ1) is 12.3. The molecular formula is C16H18F2N4O4. The van der Waals surface area contributed by atoms with Crippen LogP contribution in [0.25, 0.3) is 0 Å². The lowest BCUT2D eigenvalue weighted by atomic mass is 10.2. The van der Waals surface area contributed by atoms with Gasteiger partial charge in [0.1, 0.15) is 5.69 Å². The highest BCUT2D eigenvalue weighted by Gasteiger charge is 2.36. The fourth-order valence-corrected chi connectivity index (χ4v) is 2.98. The van der Waals surface area contributed by atoms with Gasteiger partial charge in [0.15, 0.2) is 17.7 Å². The Balaban J connectivity index is 1.86. The van der Waals surface area contributed by atoms with Gasteiger partial charge in [-0.1, -0.05) is 0 Å². The van der Waals surface area contributed by atoms with Crippen molar-refractivity contribution in [2.24, 2.45) is 5.73 Å². The molecule has 2 heterocycles. The minimum absolute atomic E-state index is 0.0690. The second-order valence-corrected chi connectivity index (χ2v) is 6.20. The van der Waals surface area contributed by atoms with E-state index in [9.17, 15) is 23.2 Å². The van der Waals surface area contributed by atoms with Gasteiger partial charge in [-0.15, -0.1) is 0 Å². The summed E-state index contributed by atoms with van der Waals surface area (Å²) in [6.45, 7) is 0.602. The van der Waals surface area contributed by atoms with Gasteiger partial charge in [0.2, 0.25) is 5.91 Å². The molecule has 8 nitrogen and oxygen atoms in total. The Bertz CT molecular complexity index is 750. The predicted molar refractivity (Wildman–Crippen MR) is 87.6 cm³/mol. The summed E-state index contributed by atoms with van der Waals surface area (Å²) in [5, 5.41) is 0. The van der Waals surface area contributed by atoms with Crippen LogP contribution in [0.15, 0.2) is 12.1 Å². The van der Waals surface area contributed by atoms with Crippen molar-refractivity contribution in [1.82, 2.24) is 4.90 Å². The summed E-state index contributed by atoms with van der Waals surface area (Å²) in [6, 6.07) is 2.00. The largest absolute Gasteiger partial charge is 0.434 e. The molecular weight excluding hydrogens is 350 g/mol. The molecule has 10 heteroatoms. The van der Waals surface area contributed by atoms with Crippen LogP contribution in [-0.4, -0.2) is 62.1 Å². The van der Waals surface area contributed by atoms with Crippen molar-refractivity contribution in [3.05, 3.63) is 23.8 Å². The predicted octanol–water partition coefficient (Wildman–Crippen LogP) is 0.444. The number of benzene rings is 1. The van der Waals surface area contributed by atoms with Crippen molar-refractivity contribution in [3.8, 4) is 0 Å². The number of rotatable bonds is 3. The molecule has 2 saturated heterocycles. The molecule has 2 fully saturated rings. The number of ether oxygens (including phenoxy) is 1. The fraction of sp³-hybridized carbons (Fsp3) is 0.438. The number of halogens is 2. The molecule has 1 aromatic rings. The highest BCUT2D eigenvalue weighted by molar-refractivity contribution is 5.95. The lowest BCUT2D eigenvalue weighted by Crippen LogP contribution is -2.33. The molecule has 2 N–H and O–H groups in total. The van der Waals surface area contributed by atoms with Crippen molar-refractivity contribution >= 4 is 29.3 Å². The molecule has 26 heavy (non-hydrogen) atoms. The number of anilines is 2. The number of nitrogens with two attached hydrogens (primary N) is 1. The Labute approximate surface area is 148 Å². The van der Waals surface area contributed by atoms with Gasteiger partial charge in [-0.05, 0) is 0 Å². The van der Waals surface area contributed by atoms with Crippen LogP contribution in [0.1, 0.15) is 6.42 Å². The number of amides is 3. The third kappa shape index (κ3) is 3.26. The van der Waals surface area contributed by atoms with E-state index in [0.717, 1.165) is 17.0 Å². The maximum atomic E-state index is 14.6. The normalized spacial score (nSPS) is 21.0. The van der Waals surface area contributed by atoms with Crippen molar-refractivity contribution in [3.63, 3.8) is 0 Å². The van der Waals surface area contributed by atoms with Gasteiger partial charge in [0.05, 0.1) is 12.2 Å². The molecule has 140 valence electrons.